The zero-order chi connectivity index (χ0) is 20.8. The first-order chi connectivity index (χ1) is 13.0. The van der Waals surface area contributed by atoms with Crippen molar-refractivity contribution in [1.29, 1.82) is 0 Å². The molecule has 0 atom stereocenters. The van der Waals surface area contributed by atoms with E-state index in [1.807, 2.05) is 0 Å². The van der Waals surface area contributed by atoms with Crippen LogP contribution in [0.4, 0.5) is 5.69 Å². The van der Waals surface area contributed by atoms with Gasteiger partial charge in [-0.3, -0.25) is 28.7 Å². The van der Waals surface area contributed by atoms with Crippen molar-refractivity contribution < 1.29 is 32.5 Å². The lowest BCUT2D eigenvalue weighted by Gasteiger charge is -2.14. The summed E-state index contributed by atoms with van der Waals surface area (Å²) in [5, 5.41) is 9.10. The molecule has 0 aliphatic carbocycles. The zero-order valence-electron chi connectivity index (χ0n) is 13.8. The number of carboxylic acid groups (broad SMARTS) is 1. The number of amides is 2. The highest BCUT2D eigenvalue weighted by atomic mass is 79.9. The summed E-state index contributed by atoms with van der Waals surface area (Å²) in [6.07, 6.45) is 0. The summed E-state index contributed by atoms with van der Waals surface area (Å²) in [5.41, 5.74) is 0.717. The highest BCUT2D eigenvalue weighted by Gasteiger charge is 2.42. The Morgan fingerprint density at radius 1 is 1.21 bits per heavy atom. The Balaban J connectivity index is 2.07. The van der Waals surface area contributed by atoms with Crippen LogP contribution in [0.25, 0.3) is 5.57 Å². The van der Waals surface area contributed by atoms with Gasteiger partial charge in [0.25, 0.3) is 21.9 Å². The first-order valence-corrected chi connectivity index (χ1v) is 11.2. The van der Waals surface area contributed by atoms with E-state index in [1.165, 1.54) is 0 Å². The first kappa shape index (κ1) is 20.9. The fraction of sp³-hybridized carbons (Fsp3) is 0.200. The number of carboxylic acids is 1. The molecular formula is C15H11BrN2O7S3. The number of thioether (sulfide) groups is 1. The molecule has 2 aliphatic heterocycles. The fourth-order valence-corrected chi connectivity index (χ4v) is 4.92. The van der Waals surface area contributed by atoms with Gasteiger partial charge in [0.05, 0.1) is 21.9 Å². The summed E-state index contributed by atoms with van der Waals surface area (Å²) >= 11 is 9.22. The van der Waals surface area contributed by atoms with Crippen molar-refractivity contribution in [1.82, 2.24) is 4.90 Å². The van der Waals surface area contributed by atoms with Gasteiger partial charge in [0.1, 0.15) is 10.9 Å². The van der Waals surface area contributed by atoms with Crippen molar-refractivity contribution in [2.45, 2.75) is 0 Å². The van der Waals surface area contributed by atoms with E-state index >= 15 is 0 Å². The Kier molecular flexibility index (Phi) is 5.64. The number of carbonyl (C=O) groups is 3. The van der Waals surface area contributed by atoms with Crippen molar-refractivity contribution >= 4 is 83.4 Å². The number of fused-ring (bicyclic) bond motifs is 1. The van der Waals surface area contributed by atoms with Crippen LogP contribution in [0.2, 0.25) is 0 Å². The standard InChI is InChI=1S/C15H11BrN2O7S3/c16-7-1-2-9-8(5-7)11(13(21)18(9)6-10(19)20)12-14(22)17(15(26)27-12)3-4-28(23,24)25/h1-2,5H,3-4,6H2,(H,19,20)(H,23,24,25)/b12-11+. The van der Waals surface area contributed by atoms with Gasteiger partial charge < -0.3 is 5.11 Å². The minimum atomic E-state index is -4.31. The maximum atomic E-state index is 12.9. The molecule has 2 N–H and O–H groups in total. The third-order valence-electron chi connectivity index (χ3n) is 3.92. The van der Waals surface area contributed by atoms with Crippen LogP contribution >= 0.6 is 39.9 Å². The first-order valence-electron chi connectivity index (χ1n) is 7.56. The average Bonchev–Trinajstić information content (AvgIpc) is 2.98. The molecule has 3 rings (SSSR count). The van der Waals surface area contributed by atoms with Crippen LogP contribution in [0.5, 0.6) is 0 Å². The molecule has 0 spiro atoms. The molecule has 0 saturated carbocycles. The molecule has 0 aromatic heterocycles. The summed E-state index contributed by atoms with van der Waals surface area (Å²) in [7, 11) is -4.31. The van der Waals surface area contributed by atoms with E-state index in [4.69, 9.17) is 21.9 Å². The van der Waals surface area contributed by atoms with Crippen LogP contribution in [0.3, 0.4) is 0 Å². The van der Waals surface area contributed by atoms with E-state index in [0.29, 0.717) is 15.7 Å². The van der Waals surface area contributed by atoms with Gasteiger partial charge in [-0.15, -0.1) is 0 Å². The van der Waals surface area contributed by atoms with Gasteiger partial charge in [0.2, 0.25) is 0 Å². The van der Waals surface area contributed by atoms with Crippen LogP contribution in [0.1, 0.15) is 5.56 Å². The number of aliphatic carboxylic acids is 1. The van der Waals surface area contributed by atoms with Crippen molar-refractivity contribution in [2.24, 2.45) is 0 Å². The van der Waals surface area contributed by atoms with E-state index in [-0.39, 0.29) is 21.3 Å². The third-order valence-corrected chi connectivity index (χ3v) is 6.56. The Bertz CT molecular complexity index is 1070. The molecule has 2 amide bonds. The smallest absolute Gasteiger partial charge is 0.323 e. The summed E-state index contributed by atoms with van der Waals surface area (Å²) < 4.78 is 31.5. The van der Waals surface area contributed by atoms with Crippen LogP contribution < -0.4 is 4.90 Å². The molecular weight excluding hydrogens is 496 g/mol. The van der Waals surface area contributed by atoms with Gasteiger partial charge in [-0.1, -0.05) is 39.9 Å². The number of anilines is 1. The van der Waals surface area contributed by atoms with E-state index in [1.54, 1.807) is 18.2 Å². The minimum Gasteiger partial charge on any atom is -0.480 e. The van der Waals surface area contributed by atoms with Gasteiger partial charge in [-0.2, -0.15) is 8.42 Å². The Hall–Kier alpha value is -1.80. The second-order valence-electron chi connectivity index (χ2n) is 5.76. The number of nitrogens with zero attached hydrogens (tertiary/aromatic N) is 2. The summed E-state index contributed by atoms with van der Waals surface area (Å²) in [6.45, 7) is -0.946. The van der Waals surface area contributed by atoms with Crippen molar-refractivity contribution in [3.8, 4) is 0 Å². The third kappa shape index (κ3) is 3.98. The van der Waals surface area contributed by atoms with Crippen LogP contribution in [-0.2, 0) is 24.5 Å². The molecule has 0 unspecified atom stereocenters. The van der Waals surface area contributed by atoms with Gasteiger partial charge in [0.15, 0.2) is 0 Å². The number of thiocarbonyl (C=S) groups is 1. The van der Waals surface area contributed by atoms with E-state index in [0.717, 1.165) is 21.6 Å². The molecule has 148 valence electrons. The molecule has 9 nitrogen and oxygen atoms in total. The lowest BCUT2D eigenvalue weighted by atomic mass is 10.1. The number of halogens is 1. The quantitative estimate of drug-likeness (QED) is 0.344. The van der Waals surface area contributed by atoms with Crippen molar-refractivity contribution in [2.75, 3.05) is 23.7 Å². The molecule has 1 aromatic carbocycles. The molecule has 1 saturated heterocycles. The highest BCUT2D eigenvalue weighted by Crippen LogP contribution is 2.45. The van der Waals surface area contributed by atoms with Gasteiger partial charge in [-0.25, -0.2) is 0 Å². The predicted octanol–water partition coefficient (Wildman–Crippen LogP) is 1.34. The normalized spacial score (nSPS) is 19.6. The largest absolute Gasteiger partial charge is 0.480 e. The van der Waals surface area contributed by atoms with Gasteiger partial charge in [-0.05, 0) is 18.2 Å². The molecule has 2 heterocycles. The molecule has 1 fully saturated rings. The molecule has 1 aromatic rings. The lowest BCUT2D eigenvalue weighted by molar-refractivity contribution is -0.136. The Morgan fingerprint density at radius 2 is 1.89 bits per heavy atom. The van der Waals surface area contributed by atoms with Crippen molar-refractivity contribution in [3.63, 3.8) is 0 Å². The van der Waals surface area contributed by atoms with Crippen LogP contribution in [-0.4, -0.2) is 63.9 Å². The van der Waals surface area contributed by atoms with Crippen molar-refractivity contribution in [3.05, 3.63) is 33.1 Å². The number of hydrogen-bond donors (Lipinski definition) is 2. The summed E-state index contributed by atoms with van der Waals surface area (Å²) in [5.74, 6) is -3.26. The topological polar surface area (TPSA) is 132 Å². The van der Waals surface area contributed by atoms with Crippen LogP contribution in [0.15, 0.2) is 27.6 Å². The Morgan fingerprint density at radius 3 is 2.50 bits per heavy atom. The maximum Gasteiger partial charge on any atom is 0.323 e. The summed E-state index contributed by atoms with van der Waals surface area (Å²) in [6, 6.07) is 4.79. The monoisotopic (exact) mass is 506 g/mol. The predicted molar refractivity (Wildman–Crippen MR) is 109 cm³/mol. The molecule has 13 heteroatoms. The number of carbonyl (C=O) groups excluding carboxylic acids is 2. The number of hydrogen-bond acceptors (Lipinski definition) is 7. The van der Waals surface area contributed by atoms with E-state index < -0.39 is 40.2 Å². The minimum absolute atomic E-state index is 0.00394. The van der Waals surface area contributed by atoms with E-state index in [9.17, 15) is 22.8 Å². The summed E-state index contributed by atoms with van der Waals surface area (Å²) in [4.78, 5) is 38.8. The van der Waals surface area contributed by atoms with Crippen LogP contribution in [0, 0.1) is 0 Å². The van der Waals surface area contributed by atoms with Gasteiger partial charge in [0, 0.05) is 16.6 Å². The second-order valence-corrected chi connectivity index (χ2v) is 9.89. The van der Waals surface area contributed by atoms with Gasteiger partial charge >= 0.3 is 5.97 Å². The zero-order valence-corrected chi connectivity index (χ0v) is 17.8. The highest BCUT2D eigenvalue weighted by molar-refractivity contribution is 9.10. The SMILES string of the molecule is O=C(O)CN1C(=O)/C(=C2/SC(=S)N(CCS(=O)(=O)O)C2=O)c2cc(Br)ccc21. The number of rotatable bonds is 5. The molecule has 0 radical (unpaired) electrons. The Labute approximate surface area is 177 Å². The molecule has 2 aliphatic rings. The molecule has 28 heavy (non-hydrogen) atoms. The lowest BCUT2D eigenvalue weighted by Crippen LogP contribution is -2.34. The fourth-order valence-electron chi connectivity index (χ4n) is 2.76. The average molecular weight is 507 g/mol. The number of benzene rings is 1. The maximum absolute atomic E-state index is 12.9. The van der Waals surface area contributed by atoms with E-state index in [2.05, 4.69) is 15.9 Å². The second kappa shape index (κ2) is 7.55. The molecule has 0 bridgehead atoms.